The highest BCUT2D eigenvalue weighted by Crippen LogP contribution is 2.32. The van der Waals surface area contributed by atoms with Crippen molar-refractivity contribution in [2.24, 2.45) is 0 Å². The van der Waals surface area contributed by atoms with Crippen molar-refractivity contribution in [2.75, 3.05) is 27.3 Å². The highest BCUT2D eigenvalue weighted by atomic mass is 16.5. The summed E-state index contributed by atoms with van der Waals surface area (Å²) >= 11 is 0. The minimum Gasteiger partial charge on any atom is -0.493 e. The van der Waals surface area contributed by atoms with Crippen molar-refractivity contribution < 1.29 is 19.0 Å². The van der Waals surface area contributed by atoms with Gasteiger partial charge in [-0.05, 0) is 25.1 Å². The Balaban J connectivity index is 1.65. The Bertz CT molecular complexity index is 742. The molecule has 0 aliphatic carbocycles. The smallest absolute Gasteiger partial charge is 0.258 e. The predicted molar refractivity (Wildman–Crippen MR) is 88.8 cm³/mol. The van der Waals surface area contributed by atoms with E-state index in [0.717, 1.165) is 5.69 Å². The van der Waals surface area contributed by atoms with E-state index in [-0.39, 0.29) is 12.0 Å². The Morgan fingerprint density at radius 3 is 2.54 bits per heavy atom. The van der Waals surface area contributed by atoms with Crippen molar-refractivity contribution in [1.82, 2.24) is 9.88 Å². The van der Waals surface area contributed by atoms with Crippen molar-refractivity contribution in [3.63, 3.8) is 0 Å². The summed E-state index contributed by atoms with van der Waals surface area (Å²) in [5, 5.41) is 0. The van der Waals surface area contributed by atoms with Crippen LogP contribution >= 0.6 is 0 Å². The molecule has 1 aromatic carbocycles. The van der Waals surface area contributed by atoms with Gasteiger partial charge in [-0.2, -0.15) is 0 Å². The van der Waals surface area contributed by atoms with Crippen molar-refractivity contribution in [3.8, 4) is 17.4 Å². The molecule has 1 saturated heterocycles. The summed E-state index contributed by atoms with van der Waals surface area (Å²) in [6.45, 7) is 2.96. The fraction of sp³-hybridized carbons (Fsp3) is 0.333. The molecule has 1 amide bonds. The number of para-hydroxylation sites is 1. The number of likely N-dealkylation sites (tertiary alicyclic amines) is 1. The molecule has 1 aliphatic heterocycles. The Morgan fingerprint density at radius 2 is 1.88 bits per heavy atom. The van der Waals surface area contributed by atoms with Gasteiger partial charge in [0.1, 0.15) is 6.10 Å². The Hall–Kier alpha value is -2.76. The van der Waals surface area contributed by atoms with Crippen LogP contribution in [0.3, 0.4) is 0 Å². The summed E-state index contributed by atoms with van der Waals surface area (Å²) < 4.78 is 16.4. The highest BCUT2D eigenvalue weighted by molar-refractivity contribution is 5.98. The lowest BCUT2D eigenvalue weighted by molar-refractivity contribution is 0.0157. The van der Waals surface area contributed by atoms with Crippen molar-refractivity contribution in [3.05, 3.63) is 47.7 Å². The van der Waals surface area contributed by atoms with Gasteiger partial charge in [0.25, 0.3) is 5.91 Å². The molecule has 6 heteroatoms. The number of hydrogen-bond acceptors (Lipinski definition) is 5. The minimum absolute atomic E-state index is 0.0418. The van der Waals surface area contributed by atoms with Gasteiger partial charge in [0.05, 0.1) is 32.9 Å². The van der Waals surface area contributed by atoms with E-state index in [0.29, 0.717) is 36.0 Å². The molecule has 0 radical (unpaired) electrons. The van der Waals surface area contributed by atoms with Crippen molar-refractivity contribution >= 4 is 5.91 Å². The number of aromatic nitrogens is 1. The molecular weight excluding hydrogens is 308 g/mol. The zero-order valence-corrected chi connectivity index (χ0v) is 14.0. The fourth-order valence-corrected chi connectivity index (χ4v) is 2.66. The molecule has 1 aromatic heterocycles. The van der Waals surface area contributed by atoms with Gasteiger partial charge in [0, 0.05) is 11.8 Å². The van der Waals surface area contributed by atoms with Gasteiger partial charge in [-0.3, -0.25) is 4.79 Å². The summed E-state index contributed by atoms with van der Waals surface area (Å²) in [5.41, 5.74) is 1.39. The van der Waals surface area contributed by atoms with Crippen LogP contribution < -0.4 is 14.2 Å². The molecule has 24 heavy (non-hydrogen) atoms. The van der Waals surface area contributed by atoms with E-state index in [2.05, 4.69) is 4.98 Å². The number of nitrogens with zero attached hydrogens (tertiary/aromatic N) is 2. The molecule has 2 heterocycles. The average molecular weight is 328 g/mol. The first-order chi connectivity index (χ1) is 11.6. The molecule has 0 N–H and O–H groups in total. The van der Waals surface area contributed by atoms with E-state index in [1.54, 1.807) is 30.2 Å². The van der Waals surface area contributed by atoms with E-state index >= 15 is 0 Å². The van der Waals surface area contributed by atoms with Crippen molar-refractivity contribution in [1.29, 1.82) is 0 Å². The summed E-state index contributed by atoms with van der Waals surface area (Å²) in [6, 6.07) is 10.9. The molecule has 0 unspecified atom stereocenters. The first-order valence-corrected chi connectivity index (χ1v) is 7.73. The second kappa shape index (κ2) is 6.78. The first-order valence-electron chi connectivity index (χ1n) is 7.73. The minimum atomic E-state index is -0.0946. The third-order valence-electron chi connectivity index (χ3n) is 3.92. The molecule has 1 fully saturated rings. The van der Waals surface area contributed by atoms with Crippen LogP contribution in [0.1, 0.15) is 16.1 Å². The number of aryl methyl sites for hydroxylation is 1. The summed E-state index contributed by atoms with van der Waals surface area (Å²) in [5.74, 6) is 1.49. The fourth-order valence-electron chi connectivity index (χ4n) is 2.66. The van der Waals surface area contributed by atoms with Gasteiger partial charge in [-0.25, -0.2) is 4.98 Å². The maximum absolute atomic E-state index is 12.6. The predicted octanol–water partition coefficient (Wildman–Crippen LogP) is 2.31. The SMILES string of the molecule is COc1cccc(C(=O)N2CC(Oc3cccc(C)n3)C2)c1OC. The molecule has 6 nitrogen and oxygen atoms in total. The number of carbonyl (C=O) groups is 1. The number of benzene rings is 1. The first kappa shape index (κ1) is 16.1. The monoisotopic (exact) mass is 328 g/mol. The van der Waals surface area contributed by atoms with Crippen LogP contribution in [0.5, 0.6) is 17.4 Å². The average Bonchev–Trinajstić information content (AvgIpc) is 2.56. The highest BCUT2D eigenvalue weighted by Gasteiger charge is 2.34. The number of rotatable bonds is 5. The molecule has 1 aliphatic rings. The van der Waals surface area contributed by atoms with Gasteiger partial charge in [0.2, 0.25) is 5.88 Å². The van der Waals surface area contributed by atoms with Gasteiger partial charge < -0.3 is 19.1 Å². The van der Waals surface area contributed by atoms with Crippen LogP contribution in [0.4, 0.5) is 0 Å². The largest absolute Gasteiger partial charge is 0.493 e. The molecular formula is C18H20N2O4. The summed E-state index contributed by atoms with van der Waals surface area (Å²) in [6.07, 6.45) is -0.0418. The van der Waals surface area contributed by atoms with Crippen molar-refractivity contribution in [2.45, 2.75) is 13.0 Å². The second-order valence-electron chi connectivity index (χ2n) is 5.61. The van der Waals surface area contributed by atoms with Crippen LogP contribution in [0.25, 0.3) is 0 Å². The molecule has 2 aromatic rings. The number of carbonyl (C=O) groups excluding carboxylic acids is 1. The zero-order valence-electron chi connectivity index (χ0n) is 14.0. The van der Waals surface area contributed by atoms with Crippen LogP contribution in [-0.4, -0.2) is 49.2 Å². The lowest BCUT2D eigenvalue weighted by Crippen LogP contribution is -2.56. The second-order valence-corrected chi connectivity index (χ2v) is 5.61. The maximum atomic E-state index is 12.6. The van der Waals surface area contributed by atoms with E-state index in [9.17, 15) is 4.79 Å². The number of hydrogen-bond donors (Lipinski definition) is 0. The van der Waals surface area contributed by atoms with Gasteiger partial charge in [-0.15, -0.1) is 0 Å². The lowest BCUT2D eigenvalue weighted by Gasteiger charge is -2.38. The van der Waals surface area contributed by atoms with Crippen LogP contribution in [0.15, 0.2) is 36.4 Å². The summed E-state index contributed by atoms with van der Waals surface area (Å²) in [4.78, 5) is 18.7. The third-order valence-corrected chi connectivity index (χ3v) is 3.92. The quantitative estimate of drug-likeness (QED) is 0.843. The molecule has 3 rings (SSSR count). The molecule has 0 atom stereocenters. The number of methoxy groups -OCH3 is 2. The Morgan fingerprint density at radius 1 is 1.12 bits per heavy atom. The summed E-state index contributed by atoms with van der Waals surface area (Å²) in [7, 11) is 3.08. The topological polar surface area (TPSA) is 60.9 Å². The molecule has 126 valence electrons. The Kier molecular flexibility index (Phi) is 4.55. The van der Waals surface area contributed by atoms with Gasteiger partial charge in [-0.1, -0.05) is 12.1 Å². The van der Waals surface area contributed by atoms with Crippen LogP contribution in [0, 0.1) is 6.92 Å². The molecule has 0 saturated carbocycles. The normalized spacial score (nSPS) is 14.0. The van der Waals surface area contributed by atoms with E-state index in [4.69, 9.17) is 14.2 Å². The standard InChI is InChI=1S/C18H20N2O4/c1-12-6-4-9-16(19-12)24-13-10-20(11-13)18(21)14-7-5-8-15(22-2)17(14)23-3/h4-9,13H,10-11H2,1-3H3. The Labute approximate surface area is 141 Å². The number of ether oxygens (including phenoxy) is 3. The van der Waals surface area contributed by atoms with Crippen LogP contribution in [-0.2, 0) is 0 Å². The molecule has 0 bridgehead atoms. The van der Waals surface area contributed by atoms with Gasteiger partial charge in [0.15, 0.2) is 11.5 Å². The molecule has 0 spiro atoms. The maximum Gasteiger partial charge on any atom is 0.258 e. The van der Waals surface area contributed by atoms with Crippen LogP contribution in [0.2, 0.25) is 0 Å². The zero-order chi connectivity index (χ0) is 17.1. The number of amides is 1. The third kappa shape index (κ3) is 3.13. The lowest BCUT2D eigenvalue weighted by atomic mass is 10.1. The van der Waals surface area contributed by atoms with E-state index in [1.807, 2.05) is 25.1 Å². The van der Waals surface area contributed by atoms with E-state index in [1.165, 1.54) is 7.11 Å². The van der Waals surface area contributed by atoms with Gasteiger partial charge >= 0.3 is 0 Å². The van der Waals surface area contributed by atoms with E-state index < -0.39 is 0 Å². The number of pyridine rings is 1.